The van der Waals surface area contributed by atoms with E-state index in [1.54, 1.807) is 32.9 Å². The summed E-state index contributed by atoms with van der Waals surface area (Å²) >= 11 is 0. The lowest BCUT2D eigenvalue weighted by Gasteiger charge is -2.35. The molecule has 176 valence electrons. The second kappa shape index (κ2) is 7.87. The minimum atomic E-state index is -1.71. The number of imide groups is 1. The summed E-state index contributed by atoms with van der Waals surface area (Å²) in [6, 6.07) is 7.57. The van der Waals surface area contributed by atoms with Crippen molar-refractivity contribution in [3.05, 3.63) is 36.1 Å². The van der Waals surface area contributed by atoms with Gasteiger partial charge in [0.05, 0.1) is 17.9 Å². The van der Waals surface area contributed by atoms with Crippen LogP contribution in [0.4, 0.5) is 4.79 Å². The highest BCUT2D eigenvalue weighted by Crippen LogP contribution is 2.52. The van der Waals surface area contributed by atoms with E-state index < -0.39 is 52.8 Å². The number of furan rings is 1. The van der Waals surface area contributed by atoms with Crippen molar-refractivity contribution in [1.29, 1.82) is 0 Å². The zero-order chi connectivity index (χ0) is 24.1. The number of nitrogens with one attached hydrogen (secondary N) is 2. The Kier molecular flexibility index (Phi) is 5.44. The van der Waals surface area contributed by atoms with Gasteiger partial charge in [-0.15, -0.1) is 0 Å². The van der Waals surface area contributed by atoms with Gasteiger partial charge >= 0.3 is 12.0 Å². The molecule has 4 unspecified atom stereocenters. The van der Waals surface area contributed by atoms with Gasteiger partial charge in [0.2, 0.25) is 11.8 Å². The maximum absolute atomic E-state index is 13.5. The number of primary amides is 1. The van der Waals surface area contributed by atoms with Crippen molar-refractivity contribution in [3.8, 4) is 0 Å². The summed E-state index contributed by atoms with van der Waals surface area (Å²) in [5, 5.41) is 16.7. The van der Waals surface area contributed by atoms with Crippen molar-refractivity contribution < 1.29 is 28.7 Å². The van der Waals surface area contributed by atoms with E-state index in [1.165, 1.54) is 4.90 Å². The van der Waals surface area contributed by atoms with E-state index in [0.29, 0.717) is 11.3 Å². The van der Waals surface area contributed by atoms with Crippen LogP contribution >= 0.6 is 0 Å². The number of benzene rings is 1. The first-order valence-electron chi connectivity index (χ1n) is 10.9. The molecule has 0 aliphatic carbocycles. The number of amides is 4. The van der Waals surface area contributed by atoms with E-state index in [9.17, 15) is 24.3 Å². The average molecular weight is 456 g/mol. The van der Waals surface area contributed by atoms with Crippen LogP contribution < -0.4 is 16.4 Å². The molecule has 0 saturated carbocycles. The molecule has 10 heteroatoms. The molecule has 4 atom stereocenters. The third-order valence-corrected chi connectivity index (χ3v) is 6.50. The van der Waals surface area contributed by atoms with Gasteiger partial charge in [-0.1, -0.05) is 18.2 Å². The molecule has 2 aliphatic heterocycles. The Bertz CT molecular complexity index is 1100. The van der Waals surface area contributed by atoms with Gasteiger partial charge in [0, 0.05) is 17.5 Å². The lowest BCUT2D eigenvalue weighted by atomic mass is 9.77. The van der Waals surface area contributed by atoms with E-state index in [1.807, 2.05) is 18.2 Å². The predicted molar refractivity (Wildman–Crippen MR) is 118 cm³/mol. The van der Waals surface area contributed by atoms with Gasteiger partial charge in [-0.3, -0.25) is 24.6 Å². The number of carbonyl (C=O) groups excluding carboxylic acids is 3. The lowest BCUT2D eigenvalue weighted by Crippen LogP contribution is -2.57. The first-order chi connectivity index (χ1) is 15.5. The number of urea groups is 1. The number of nitrogens with two attached hydrogens (primary N) is 1. The van der Waals surface area contributed by atoms with Gasteiger partial charge in [0.15, 0.2) is 0 Å². The number of fused-ring (bicyclic) bond motifs is 2. The van der Waals surface area contributed by atoms with Crippen LogP contribution in [0.5, 0.6) is 0 Å². The van der Waals surface area contributed by atoms with E-state index in [-0.39, 0.29) is 19.4 Å². The Balaban J connectivity index is 1.79. The van der Waals surface area contributed by atoms with E-state index in [2.05, 4.69) is 10.6 Å². The second-order valence-corrected chi connectivity index (χ2v) is 9.67. The number of para-hydroxylation sites is 1. The van der Waals surface area contributed by atoms with E-state index in [0.717, 1.165) is 5.39 Å². The molecule has 0 spiro atoms. The number of carboxylic acids is 1. The Labute approximate surface area is 190 Å². The first-order valence-corrected chi connectivity index (χ1v) is 10.9. The molecule has 4 rings (SSSR count). The predicted octanol–water partition coefficient (Wildman–Crippen LogP) is 1.75. The van der Waals surface area contributed by atoms with Gasteiger partial charge in [-0.2, -0.15) is 0 Å². The number of hydrogen-bond donors (Lipinski definition) is 4. The third kappa shape index (κ3) is 3.64. The molecular weight excluding hydrogens is 428 g/mol. The highest BCUT2D eigenvalue weighted by molar-refractivity contribution is 6.10. The Hall–Kier alpha value is -3.40. The van der Waals surface area contributed by atoms with Crippen LogP contribution in [0.15, 0.2) is 34.7 Å². The summed E-state index contributed by atoms with van der Waals surface area (Å²) < 4.78 is 5.98. The maximum Gasteiger partial charge on any atom is 0.324 e. The standard InChI is InChI=1S/C23H28N4O6/c1-22(2,3)27-18(28)15-16(19(27)29)23(20(30)31,9-6-10-25-21(24)32)26-17(15)14-11-12-7-4-5-8-13(12)33-14/h4-5,7-8,11,15-17,26H,6,9-10H2,1-3H3,(H,30,31)(H3,24,25,32). The van der Waals surface area contributed by atoms with Crippen LogP contribution in [0.25, 0.3) is 11.0 Å². The molecule has 1 aromatic carbocycles. The monoisotopic (exact) mass is 456 g/mol. The summed E-state index contributed by atoms with van der Waals surface area (Å²) in [6.45, 7) is 5.37. The zero-order valence-corrected chi connectivity index (χ0v) is 18.8. The van der Waals surface area contributed by atoms with Gasteiger partial charge in [-0.05, 0) is 45.7 Å². The first kappa shape index (κ1) is 22.8. The molecule has 0 radical (unpaired) electrons. The smallest absolute Gasteiger partial charge is 0.324 e. The molecule has 5 N–H and O–H groups in total. The molecule has 0 bridgehead atoms. The van der Waals surface area contributed by atoms with Crippen molar-refractivity contribution in [1.82, 2.24) is 15.5 Å². The third-order valence-electron chi connectivity index (χ3n) is 6.50. The normalized spacial score (nSPS) is 27.2. The highest BCUT2D eigenvalue weighted by atomic mass is 16.4. The minimum Gasteiger partial charge on any atom is -0.480 e. The molecule has 33 heavy (non-hydrogen) atoms. The fraction of sp³-hybridized carbons (Fsp3) is 0.478. The van der Waals surface area contributed by atoms with Gasteiger partial charge in [0.1, 0.15) is 16.9 Å². The number of nitrogens with zero attached hydrogens (tertiary/aromatic N) is 1. The molecule has 3 heterocycles. The quantitative estimate of drug-likeness (QED) is 0.381. The van der Waals surface area contributed by atoms with Crippen LogP contribution in [-0.4, -0.2) is 51.4 Å². The van der Waals surface area contributed by atoms with Crippen molar-refractivity contribution in [2.45, 2.75) is 50.7 Å². The van der Waals surface area contributed by atoms with Crippen molar-refractivity contribution in [2.24, 2.45) is 17.6 Å². The fourth-order valence-electron chi connectivity index (χ4n) is 5.18. The molecule has 2 aliphatic rings. The molecular formula is C23H28N4O6. The summed E-state index contributed by atoms with van der Waals surface area (Å²) in [5.74, 6) is -3.82. The summed E-state index contributed by atoms with van der Waals surface area (Å²) in [5.41, 5.74) is 3.19. The number of aliphatic carboxylic acids is 1. The Morgan fingerprint density at radius 2 is 1.94 bits per heavy atom. The van der Waals surface area contributed by atoms with Crippen molar-refractivity contribution in [3.63, 3.8) is 0 Å². The highest BCUT2D eigenvalue weighted by Gasteiger charge is 2.69. The Morgan fingerprint density at radius 3 is 2.55 bits per heavy atom. The van der Waals surface area contributed by atoms with Crippen molar-refractivity contribution >= 4 is 34.8 Å². The van der Waals surface area contributed by atoms with Crippen LogP contribution in [0.3, 0.4) is 0 Å². The minimum absolute atomic E-state index is 0.0114. The number of hydrogen-bond acceptors (Lipinski definition) is 6. The van der Waals surface area contributed by atoms with Gasteiger partial charge in [0.25, 0.3) is 0 Å². The summed E-state index contributed by atoms with van der Waals surface area (Å²) in [4.78, 5) is 51.9. The molecule has 2 aromatic rings. The average Bonchev–Trinajstić information content (AvgIpc) is 3.36. The van der Waals surface area contributed by atoms with Crippen LogP contribution in [-0.2, 0) is 14.4 Å². The summed E-state index contributed by atoms with van der Waals surface area (Å²) in [6.07, 6.45) is 0.257. The molecule has 2 fully saturated rings. The SMILES string of the molecule is CC(C)(C)N1C(=O)C2C(c3cc4ccccc4o3)NC(CCCNC(N)=O)(C(=O)O)C2C1=O. The largest absolute Gasteiger partial charge is 0.480 e. The van der Waals surface area contributed by atoms with Gasteiger partial charge in [-0.25, -0.2) is 4.79 Å². The second-order valence-electron chi connectivity index (χ2n) is 9.67. The molecule has 2 saturated heterocycles. The number of likely N-dealkylation sites (tertiary alicyclic amines) is 1. The van der Waals surface area contributed by atoms with Crippen molar-refractivity contribution in [2.75, 3.05) is 6.54 Å². The maximum atomic E-state index is 13.5. The molecule has 10 nitrogen and oxygen atoms in total. The number of rotatable bonds is 6. The topological polar surface area (TPSA) is 155 Å². The van der Waals surface area contributed by atoms with E-state index >= 15 is 0 Å². The number of carbonyl (C=O) groups is 4. The number of carboxylic acid groups (broad SMARTS) is 1. The molecule has 1 aromatic heterocycles. The van der Waals surface area contributed by atoms with Crippen LogP contribution in [0, 0.1) is 11.8 Å². The Morgan fingerprint density at radius 1 is 1.24 bits per heavy atom. The van der Waals surface area contributed by atoms with Gasteiger partial charge < -0.3 is 20.6 Å². The molecule has 4 amide bonds. The van der Waals surface area contributed by atoms with Crippen LogP contribution in [0.2, 0.25) is 0 Å². The zero-order valence-electron chi connectivity index (χ0n) is 18.8. The lowest BCUT2D eigenvalue weighted by molar-refractivity contribution is -0.154. The fourth-order valence-corrected chi connectivity index (χ4v) is 5.18. The van der Waals surface area contributed by atoms with Crippen LogP contribution in [0.1, 0.15) is 45.4 Å². The van der Waals surface area contributed by atoms with E-state index in [4.69, 9.17) is 10.2 Å². The summed E-state index contributed by atoms with van der Waals surface area (Å²) in [7, 11) is 0.